The molecule has 1 aliphatic heterocycles. The average Bonchev–Trinajstić information content (AvgIpc) is 3.26. The molecular weight excluding hydrogens is 457 g/mol. The summed E-state index contributed by atoms with van der Waals surface area (Å²) < 4.78 is 43.9. The van der Waals surface area contributed by atoms with E-state index >= 15 is 0 Å². The summed E-state index contributed by atoms with van der Waals surface area (Å²) in [5.74, 6) is 0.176. The second kappa shape index (κ2) is 9.43. The van der Waals surface area contributed by atoms with Gasteiger partial charge >= 0.3 is 6.18 Å². The molecule has 0 unspecified atom stereocenters. The lowest BCUT2D eigenvalue weighted by Gasteiger charge is -2.33. The summed E-state index contributed by atoms with van der Waals surface area (Å²) in [6.45, 7) is 2.90. The Morgan fingerprint density at radius 3 is 2.79 bits per heavy atom. The van der Waals surface area contributed by atoms with Crippen LogP contribution in [0.4, 0.5) is 18.9 Å². The lowest BCUT2D eigenvalue weighted by Crippen LogP contribution is -2.42. The highest BCUT2D eigenvalue weighted by Gasteiger charge is 2.31. The largest absolute Gasteiger partial charge is 0.416 e. The van der Waals surface area contributed by atoms with Gasteiger partial charge in [0.1, 0.15) is 0 Å². The van der Waals surface area contributed by atoms with Gasteiger partial charge in [-0.2, -0.15) is 18.2 Å². The maximum absolute atomic E-state index is 12.9. The fraction of sp³-hybridized carbons (Fsp3) is 0.348. The van der Waals surface area contributed by atoms with Crippen LogP contribution < -0.4 is 5.32 Å². The molecule has 174 valence electrons. The molecule has 6 nitrogen and oxygen atoms in total. The monoisotopic (exact) mass is 478 g/mol. The minimum absolute atomic E-state index is 0.0625. The van der Waals surface area contributed by atoms with Crippen molar-refractivity contribution in [2.75, 3.05) is 11.9 Å². The molecule has 33 heavy (non-hydrogen) atoms. The number of amides is 1. The fourth-order valence-electron chi connectivity index (χ4n) is 3.81. The second-order valence-electron chi connectivity index (χ2n) is 7.98. The van der Waals surface area contributed by atoms with Crippen LogP contribution >= 0.6 is 11.6 Å². The van der Waals surface area contributed by atoms with Crippen LogP contribution in [0.2, 0.25) is 5.02 Å². The Kier molecular flexibility index (Phi) is 6.60. The summed E-state index contributed by atoms with van der Waals surface area (Å²) >= 11 is 6.38. The van der Waals surface area contributed by atoms with Gasteiger partial charge in [0.15, 0.2) is 0 Å². The molecule has 1 atom stereocenters. The van der Waals surface area contributed by atoms with Crippen molar-refractivity contribution in [3.63, 3.8) is 0 Å². The third-order valence-electron chi connectivity index (χ3n) is 5.62. The SMILES string of the molecule is C[C@@H]1CCCCN1C(=O)c1ccc(NCc2nc(-c3cccc(C(F)(F)F)c3)no2)cc1Cl. The Balaban J connectivity index is 1.42. The number of benzene rings is 2. The van der Waals surface area contributed by atoms with E-state index in [0.29, 0.717) is 16.3 Å². The number of anilines is 1. The smallest absolute Gasteiger partial charge is 0.376 e. The maximum Gasteiger partial charge on any atom is 0.416 e. The Bertz CT molecular complexity index is 1150. The summed E-state index contributed by atoms with van der Waals surface area (Å²) in [5, 5.41) is 7.17. The number of carbonyl (C=O) groups is 1. The minimum Gasteiger partial charge on any atom is -0.376 e. The molecule has 4 rings (SSSR count). The van der Waals surface area contributed by atoms with Crippen LogP contribution in [0.25, 0.3) is 11.4 Å². The van der Waals surface area contributed by atoms with Crippen molar-refractivity contribution in [2.45, 2.75) is 44.9 Å². The number of hydrogen-bond donors (Lipinski definition) is 1. The summed E-state index contributed by atoms with van der Waals surface area (Å²) in [7, 11) is 0. The van der Waals surface area contributed by atoms with Crippen molar-refractivity contribution in [1.82, 2.24) is 15.0 Å². The van der Waals surface area contributed by atoms with E-state index in [2.05, 4.69) is 15.5 Å². The highest BCUT2D eigenvalue weighted by molar-refractivity contribution is 6.34. The molecule has 10 heteroatoms. The zero-order valence-corrected chi connectivity index (χ0v) is 18.6. The highest BCUT2D eigenvalue weighted by Crippen LogP contribution is 2.31. The topological polar surface area (TPSA) is 71.3 Å². The van der Waals surface area contributed by atoms with E-state index in [0.717, 1.165) is 37.9 Å². The molecule has 0 aliphatic carbocycles. The molecule has 0 bridgehead atoms. The Morgan fingerprint density at radius 1 is 1.24 bits per heavy atom. The van der Waals surface area contributed by atoms with Gasteiger partial charge < -0.3 is 14.7 Å². The second-order valence-corrected chi connectivity index (χ2v) is 8.39. The predicted molar refractivity (Wildman–Crippen MR) is 118 cm³/mol. The van der Waals surface area contributed by atoms with E-state index in [1.165, 1.54) is 12.1 Å². The van der Waals surface area contributed by atoms with Crippen LogP contribution in [0.5, 0.6) is 0 Å². The van der Waals surface area contributed by atoms with Crippen LogP contribution in [-0.4, -0.2) is 33.5 Å². The van der Waals surface area contributed by atoms with Crippen molar-refractivity contribution < 1.29 is 22.5 Å². The van der Waals surface area contributed by atoms with E-state index in [-0.39, 0.29) is 35.8 Å². The van der Waals surface area contributed by atoms with E-state index in [1.54, 1.807) is 18.2 Å². The first-order valence-electron chi connectivity index (χ1n) is 10.6. The van der Waals surface area contributed by atoms with Crippen LogP contribution in [-0.2, 0) is 12.7 Å². The summed E-state index contributed by atoms with van der Waals surface area (Å²) in [6.07, 6.45) is -1.37. The summed E-state index contributed by atoms with van der Waals surface area (Å²) in [6, 6.07) is 9.97. The Labute approximate surface area is 193 Å². The van der Waals surface area contributed by atoms with Gasteiger partial charge in [0.05, 0.1) is 22.7 Å². The van der Waals surface area contributed by atoms with Crippen molar-refractivity contribution >= 4 is 23.2 Å². The van der Waals surface area contributed by atoms with Gasteiger partial charge in [0.25, 0.3) is 5.91 Å². The Hall–Kier alpha value is -3.07. The lowest BCUT2D eigenvalue weighted by atomic mass is 10.0. The predicted octanol–water partition coefficient (Wildman–Crippen LogP) is 6.04. The van der Waals surface area contributed by atoms with Crippen molar-refractivity contribution in [2.24, 2.45) is 0 Å². The number of nitrogens with one attached hydrogen (secondary N) is 1. The van der Waals surface area contributed by atoms with Crippen LogP contribution in [0.1, 0.15) is 48.0 Å². The molecule has 3 aromatic rings. The lowest BCUT2D eigenvalue weighted by molar-refractivity contribution is -0.137. The quantitative estimate of drug-likeness (QED) is 0.484. The molecule has 1 N–H and O–H groups in total. The number of alkyl halides is 3. The molecule has 0 spiro atoms. The molecule has 0 saturated carbocycles. The first-order valence-corrected chi connectivity index (χ1v) is 10.9. The van der Waals surface area contributed by atoms with Gasteiger partial charge in [-0.05, 0) is 56.5 Å². The van der Waals surface area contributed by atoms with E-state index < -0.39 is 11.7 Å². The molecule has 1 saturated heterocycles. The van der Waals surface area contributed by atoms with Crippen molar-refractivity contribution in [3.05, 3.63) is 64.5 Å². The average molecular weight is 479 g/mol. The number of nitrogens with zero attached hydrogens (tertiary/aromatic N) is 3. The van der Waals surface area contributed by atoms with Gasteiger partial charge in [0, 0.05) is 23.8 Å². The van der Waals surface area contributed by atoms with Gasteiger partial charge in [-0.25, -0.2) is 0 Å². The molecule has 0 radical (unpaired) electrons. The van der Waals surface area contributed by atoms with E-state index in [9.17, 15) is 18.0 Å². The van der Waals surface area contributed by atoms with Gasteiger partial charge in [0.2, 0.25) is 11.7 Å². The van der Waals surface area contributed by atoms with E-state index in [4.69, 9.17) is 16.1 Å². The minimum atomic E-state index is -4.46. The third kappa shape index (κ3) is 5.30. The number of halogens is 4. The number of aromatic nitrogens is 2. The van der Waals surface area contributed by atoms with Crippen molar-refractivity contribution in [3.8, 4) is 11.4 Å². The summed E-state index contributed by atoms with van der Waals surface area (Å²) in [5.41, 5.74) is 0.507. The number of rotatable bonds is 5. The molecular formula is C23H22ClF3N4O2. The standard InChI is InChI=1S/C23H22ClF3N4O2/c1-14-5-2-3-10-31(14)22(32)18-9-8-17(12-19(18)24)28-13-20-29-21(30-33-20)15-6-4-7-16(11-15)23(25,26)27/h4,6-9,11-12,14,28H,2-3,5,10,13H2,1H3/t14-/m1/s1. The fourth-order valence-corrected chi connectivity index (χ4v) is 4.07. The summed E-state index contributed by atoms with van der Waals surface area (Å²) in [4.78, 5) is 18.9. The number of piperidine rings is 1. The first kappa shape index (κ1) is 23.1. The van der Waals surface area contributed by atoms with Crippen LogP contribution in [0.15, 0.2) is 47.0 Å². The maximum atomic E-state index is 12.9. The molecule has 1 aliphatic rings. The zero-order valence-electron chi connectivity index (χ0n) is 17.8. The Morgan fingerprint density at radius 2 is 2.06 bits per heavy atom. The van der Waals surface area contributed by atoms with Gasteiger partial charge in [-0.1, -0.05) is 28.9 Å². The highest BCUT2D eigenvalue weighted by atomic mass is 35.5. The zero-order chi connectivity index (χ0) is 23.6. The van der Waals surface area contributed by atoms with Gasteiger partial charge in [-0.3, -0.25) is 4.79 Å². The van der Waals surface area contributed by atoms with E-state index in [1.807, 2.05) is 11.8 Å². The molecule has 1 fully saturated rings. The van der Waals surface area contributed by atoms with Crippen LogP contribution in [0, 0.1) is 0 Å². The van der Waals surface area contributed by atoms with Gasteiger partial charge in [-0.15, -0.1) is 0 Å². The number of carbonyl (C=O) groups excluding carboxylic acids is 1. The third-order valence-corrected chi connectivity index (χ3v) is 5.94. The molecule has 1 aromatic heterocycles. The first-order chi connectivity index (χ1) is 15.7. The normalized spacial score (nSPS) is 16.6. The van der Waals surface area contributed by atoms with Crippen LogP contribution in [0.3, 0.4) is 0 Å². The molecule has 2 heterocycles. The molecule has 2 aromatic carbocycles. The number of hydrogen-bond acceptors (Lipinski definition) is 5. The number of likely N-dealkylation sites (tertiary alicyclic amines) is 1. The van der Waals surface area contributed by atoms with Crippen molar-refractivity contribution in [1.29, 1.82) is 0 Å². The molecule has 1 amide bonds.